The fourth-order valence-corrected chi connectivity index (χ4v) is 3.65. The van der Waals surface area contributed by atoms with Gasteiger partial charge < -0.3 is 10.4 Å². The summed E-state index contributed by atoms with van der Waals surface area (Å²) in [5, 5.41) is 13.1. The molecule has 0 aliphatic heterocycles. The number of phenols is 1. The van der Waals surface area contributed by atoms with Crippen molar-refractivity contribution in [2.24, 2.45) is 0 Å². The maximum atomic E-state index is 11.4. The summed E-state index contributed by atoms with van der Waals surface area (Å²) in [5.74, 6) is 0.471. The summed E-state index contributed by atoms with van der Waals surface area (Å²) in [4.78, 5) is 11.4. The number of rotatable bonds is 8. The number of carbonyl (C=O) groups is 1. The highest BCUT2D eigenvalue weighted by Gasteiger charge is 2.27. The Bertz CT molecular complexity index is 699. The summed E-state index contributed by atoms with van der Waals surface area (Å²) >= 11 is 0. The van der Waals surface area contributed by atoms with E-state index >= 15 is 0 Å². The molecule has 1 aromatic carbocycles. The molecule has 0 radical (unpaired) electrons. The lowest BCUT2D eigenvalue weighted by Crippen LogP contribution is -2.24. The predicted octanol–water partition coefficient (Wildman–Crippen LogP) is 1.86. The van der Waals surface area contributed by atoms with Crippen LogP contribution in [0.4, 0.5) is 0 Å². The lowest BCUT2D eigenvalue weighted by Gasteiger charge is -2.17. The highest BCUT2D eigenvalue weighted by Crippen LogP contribution is 2.41. The molecule has 6 nitrogen and oxygen atoms in total. The van der Waals surface area contributed by atoms with Gasteiger partial charge in [-0.05, 0) is 47.9 Å². The number of aromatic hydroxyl groups is 1. The van der Waals surface area contributed by atoms with Crippen molar-refractivity contribution in [3.63, 3.8) is 0 Å². The van der Waals surface area contributed by atoms with Gasteiger partial charge in [-0.2, -0.15) is 8.42 Å². The van der Waals surface area contributed by atoms with Crippen LogP contribution in [0, 0.1) is 0 Å². The second-order valence-electron chi connectivity index (χ2n) is 6.14. The number of nitrogens with one attached hydrogen (secondary N) is 1. The van der Waals surface area contributed by atoms with Gasteiger partial charge in [0.25, 0.3) is 10.1 Å². The summed E-state index contributed by atoms with van der Waals surface area (Å²) in [7, 11) is -3.49. The number of carbonyl (C=O) groups excluding carboxylic acids is 1. The van der Waals surface area contributed by atoms with E-state index in [1.807, 2.05) is 13.0 Å². The van der Waals surface area contributed by atoms with E-state index in [1.54, 1.807) is 6.07 Å². The standard InChI is InChI=1S/C17H25NO5S/c1-3-16(20)18-10-8-13-5-4-12-6-7-15(19)14(17(12)13)9-11-23-24(2,21)22/h6-7,13,19H,3-5,8-11H2,1-2H3,(H,18,20)/t13-/m0/s1. The first-order valence-corrected chi connectivity index (χ1v) is 10.1. The molecule has 0 heterocycles. The third-order valence-electron chi connectivity index (χ3n) is 4.38. The van der Waals surface area contributed by atoms with E-state index in [4.69, 9.17) is 4.18 Å². The van der Waals surface area contributed by atoms with Crippen LogP contribution in [0.3, 0.4) is 0 Å². The van der Waals surface area contributed by atoms with E-state index in [9.17, 15) is 18.3 Å². The van der Waals surface area contributed by atoms with Crippen LogP contribution >= 0.6 is 0 Å². The van der Waals surface area contributed by atoms with Gasteiger partial charge in [-0.25, -0.2) is 0 Å². The molecule has 24 heavy (non-hydrogen) atoms. The van der Waals surface area contributed by atoms with E-state index in [0.717, 1.165) is 36.6 Å². The minimum atomic E-state index is -3.49. The first kappa shape index (κ1) is 18.7. The minimum Gasteiger partial charge on any atom is -0.508 e. The lowest BCUT2D eigenvalue weighted by molar-refractivity contribution is -0.120. The van der Waals surface area contributed by atoms with E-state index in [1.165, 1.54) is 5.56 Å². The Hall–Kier alpha value is -1.60. The Morgan fingerprint density at radius 2 is 2.17 bits per heavy atom. The van der Waals surface area contributed by atoms with Crippen molar-refractivity contribution in [2.75, 3.05) is 19.4 Å². The zero-order valence-corrected chi connectivity index (χ0v) is 15.0. The van der Waals surface area contributed by atoms with Crippen LogP contribution in [0.5, 0.6) is 5.75 Å². The van der Waals surface area contributed by atoms with Crippen molar-refractivity contribution in [1.29, 1.82) is 0 Å². The highest BCUT2D eigenvalue weighted by atomic mass is 32.2. The lowest BCUT2D eigenvalue weighted by atomic mass is 9.91. The quantitative estimate of drug-likeness (QED) is 0.694. The summed E-state index contributed by atoms with van der Waals surface area (Å²) < 4.78 is 27.0. The molecule has 0 fully saturated rings. The number of phenolic OH excluding ortho intramolecular Hbond substituents is 1. The monoisotopic (exact) mass is 355 g/mol. The SMILES string of the molecule is CCC(=O)NCC[C@@H]1CCc2ccc(O)c(CCOS(C)(=O)=O)c21. The van der Waals surface area contributed by atoms with Crippen molar-refractivity contribution in [2.45, 2.75) is 44.9 Å². The molecular formula is C17H25NO5S. The molecule has 2 N–H and O–H groups in total. The molecular weight excluding hydrogens is 330 g/mol. The molecule has 0 spiro atoms. The molecule has 134 valence electrons. The molecule has 1 aliphatic carbocycles. The average molecular weight is 355 g/mol. The fourth-order valence-electron chi connectivity index (χ4n) is 3.26. The second kappa shape index (κ2) is 7.98. The second-order valence-corrected chi connectivity index (χ2v) is 7.78. The van der Waals surface area contributed by atoms with E-state index in [-0.39, 0.29) is 24.2 Å². The van der Waals surface area contributed by atoms with Crippen molar-refractivity contribution in [1.82, 2.24) is 5.32 Å². The van der Waals surface area contributed by atoms with Gasteiger partial charge in [0.05, 0.1) is 12.9 Å². The summed E-state index contributed by atoms with van der Waals surface area (Å²) in [6.07, 6.45) is 4.54. The third kappa shape index (κ3) is 4.95. The molecule has 0 aromatic heterocycles. The Labute approximate surface area is 143 Å². The maximum absolute atomic E-state index is 11.4. The van der Waals surface area contributed by atoms with Crippen LogP contribution in [0.2, 0.25) is 0 Å². The van der Waals surface area contributed by atoms with Crippen LogP contribution in [0.1, 0.15) is 48.8 Å². The zero-order chi connectivity index (χ0) is 17.7. The molecule has 1 aliphatic rings. The first-order chi connectivity index (χ1) is 11.3. The normalized spacial score (nSPS) is 16.8. The largest absolute Gasteiger partial charge is 0.508 e. The third-order valence-corrected chi connectivity index (χ3v) is 4.97. The minimum absolute atomic E-state index is 0.0160. The van der Waals surface area contributed by atoms with Crippen LogP contribution < -0.4 is 5.32 Å². The number of benzene rings is 1. The smallest absolute Gasteiger partial charge is 0.264 e. The van der Waals surface area contributed by atoms with Gasteiger partial charge in [0.2, 0.25) is 5.91 Å². The number of aryl methyl sites for hydroxylation is 1. The van der Waals surface area contributed by atoms with Crippen LogP contribution in [0.15, 0.2) is 12.1 Å². The van der Waals surface area contributed by atoms with Gasteiger partial charge in [-0.15, -0.1) is 0 Å². The van der Waals surface area contributed by atoms with Crippen LogP contribution in [-0.4, -0.2) is 38.8 Å². The summed E-state index contributed by atoms with van der Waals surface area (Å²) in [6.45, 7) is 2.44. The molecule has 0 saturated carbocycles. The molecule has 1 amide bonds. The zero-order valence-electron chi connectivity index (χ0n) is 14.2. The Balaban J connectivity index is 2.09. The van der Waals surface area contributed by atoms with E-state index in [2.05, 4.69) is 5.32 Å². The average Bonchev–Trinajstić information content (AvgIpc) is 2.91. The molecule has 2 rings (SSSR count). The van der Waals surface area contributed by atoms with Crippen molar-refractivity contribution < 1.29 is 22.5 Å². The van der Waals surface area contributed by atoms with Gasteiger partial charge in [0.1, 0.15) is 5.75 Å². The highest BCUT2D eigenvalue weighted by molar-refractivity contribution is 7.85. The number of amides is 1. The van der Waals surface area contributed by atoms with Gasteiger partial charge in [0.15, 0.2) is 0 Å². The summed E-state index contributed by atoms with van der Waals surface area (Å²) in [6, 6.07) is 3.59. The number of hydrogen-bond acceptors (Lipinski definition) is 5. The van der Waals surface area contributed by atoms with Crippen LogP contribution in [0.25, 0.3) is 0 Å². The molecule has 1 atom stereocenters. The Morgan fingerprint density at radius 3 is 2.83 bits per heavy atom. The maximum Gasteiger partial charge on any atom is 0.264 e. The first-order valence-electron chi connectivity index (χ1n) is 8.26. The van der Waals surface area contributed by atoms with Gasteiger partial charge >= 0.3 is 0 Å². The number of hydrogen-bond donors (Lipinski definition) is 2. The molecule has 0 bridgehead atoms. The molecule has 0 saturated heterocycles. The number of fused-ring (bicyclic) bond motifs is 1. The van der Waals surface area contributed by atoms with Crippen molar-refractivity contribution in [3.8, 4) is 5.75 Å². The van der Waals surface area contributed by atoms with Gasteiger partial charge in [0, 0.05) is 19.4 Å². The summed E-state index contributed by atoms with van der Waals surface area (Å²) in [5.41, 5.74) is 3.05. The van der Waals surface area contributed by atoms with Crippen molar-refractivity contribution in [3.05, 3.63) is 28.8 Å². The van der Waals surface area contributed by atoms with Gasteiger partial charge in [-0.3, -0.25) is 8.98 Å². The molecule has 1 aromatic rings. The van der Waals surface area contributed by atoms with Gasteiger partial charge in [-0.1, -0.05) is 13.0 Å². The van der Waals surface area contributed by atoms with E-state index in [0.29, 0.717) is 19.4 Å². The van der Waals surface area contributed by atoms with Crippen molar-refractivity contribution >= 4 is 16.0 Å². The Kier molecular flexibility index (Phi) is 6.23. The fraction of sp³-hybridized carbons (Fsp3) is 0.588. The molecule has 0 unspecified atom stereocenters. The van der Waals surface area contributed by atoms with E-state index < -0.39 is 10.1 Å². The molecule has 7 heteroatoms. The van der Waals surface area contributed by atoms with Crippen LogP contribution in [-0.2, 0) is 31.9 Å². The Morgan fingerprint density at radius 1 is 1.42 bits per heavy atom. The predicted molar refractivity (Wildman–Crippen MR) is 91.6 cm³/mol. The topological polar surface area (TPSA) is 92.7 Å².